The molecule has 4 aliphatic heterocycles. The lowest BCUT2D eigenvalue weighted by Gasteiger charge is -2.61. The van der Waals surface area contributed by atoms with Gasteiger partial charge in [-0.1, -0.05) is 52.0 Å². The average molecular weight is 1020 g/mol. The normalized spacial score (nSPS) is 45.5. The second-order valence-corrected chi connectivity index (χ2v) is 22.7. The molecule has 4 saturated carbocycles. The van der Waals surface area contributed by atoms with Crippen molar-refractivity contribution in [2.45, 2.75) is 171 Å². The van der Waals surface area contributed by atoms with Crippen molar-refractivity contribution in [2.24, 2.45) is 52.3 Å². The van der Waals surface area contributed by atoms with Gasteiger partial charge in [0.25, 0.3) is 0 Å². The highest BCUT2D eigenvalue weighted by atomic mass is 19.1. The van der Waals surface area contributed by atoms with E-state index in [0.29, 0.717) is 41.4 Å². The zero-order valence-electron chi connectivity index (χ0n) is 41.4. The van der Waals surface area contributed by atoms with E-state index in [1.807, 2.05) is 0 Å². The minimum atomic E-state index is -2.01. The Hall–Kier alpha value is -3.60. The van der Waals surface area contributed by atoms with Crippen LogP contribution in [0.3, 0.4) is 0 Å². The van der Waals surface area contributed by atoms with Gasteiger partial charge in [-0.15, -0.1) is 0 Å². The fourth-order valence-corrected chi connectivity index (χ4v) is 15.0. The van der Waals surface area contributed by atoms with E-state index in [2.05, 4.69) is 38.3 Å². The number of para-hydroxylation sites is 2. The lowest BCUT2D eigenvalue weighted by Crippen LogP contribution is -2.65. The zero-order valence-corrected chi connectivity index (χ0v) is 41.4. The van der Waals surface area contributed by atoms with Gasteiger partial charge in [0.05, 0.1) is 36.8 Å². The molecule has 4 saturated heterocycles. The van der Waals surface area contributed by atoms with E-state index in [1.54, 1.807) is 0 Å². The number of aliphatic hydroxyl groups excluding tert-OH is 5. The van der Waals surface area contributed by atoms with E-state index in [1.165, 1.54) is 49.2 Å². The molecule has 17 nitrogen and oxygen atoms in total. The number of anilines is 2. The van der Waals surface area contributed by atoms with Gasteiger partial charge in [-0.05, 0) is 128 Å². The molecule has 0 radical (unpaired) electrons. The van der Waals surface area contributed by atoms with Gasteiger partial charge in [-0.2, -0.15) is 0 Å². The third kappa shape index (κ3) is 9.45. The van der Waals surface area contributed by atoms with Gasteiger partial charge in [0, 0.05) is 12.3 Å². The summed E-state index contributed by atoms with van der Waals surface area (Å²) in [6.45, 7) is 8.93. The van der Waals surface area contributed by atoms with Gasteiger partial charge in [0.2, 0.25) is 0 Å². The van der Waals surface area contributed by atoms with Crippen LogP contribution in [-0.2, 0) is 37.9 Å². The Balaban J connectivity index is 0.767. The predicted octanol–water partition coefficient (Wildman–Crippen LogP) is 6.23. The molecular weight excluding hydrogens is 943 g/mol. The van der Waals surface area contributed by atoms with Crippen molar-refractivity contribution >= 4 is 23.6 Å². The van der Waals surface area contributed by atoms with Crippen molar-refractivity contribution in [3.05, 3.63) is 60.2 Å². The van der Waals surface area contributed by atoms with Gasteiger partial charge in [-0.25, -0.2) is 18.4 Å². The second kappa shape index (κ2) is 20.5. The number of hydrogen-bond acceptors (Lipinski definition) is 15. The molecule has 22 atom stereocenters. The molecule has 72 heavy (non-hydrogen) atoms. The molecule has 10 rings (SSSR count). The van der Waals surface area contributed by atoms with Crippen LogP contribution in [0.1, 0.15) is 91.9 Å². The molecule has 8 fully saturated rings. The molecule has 4 heterocycles. The summed E-state index contributed by atoms with van der Waals surface area (Å²) in [5.41, 5.74) is -0.141. The minimum absolute atomic E-state index is 0.113. The molecule has 2 amide bonds. The molecule has 19 heteroatoms. The maximum absolute atomic E-state index is 14.4. The summed E-state index contributed by atoms with van der Waals surface area (Å²) in [5.74, 6) is 1.63. The van der Waals surface area contributed by atoms with E-state index in [0.717, 1.165) is 70.1 Å². The van der Waals surface area contributed by atoms with Gasteiger partial charge in [-0.3, -0.25) is 10.6 Å². The number of fused-ring (bicyclic) bond motifs is 7. The number of halogens is 2. The van der Waals surface area contributed by atoms with Gasteiger partial charge in [0.1, 0.15) is 61.0 Å². The smallest absolute Gasteiger partial charge is 0.412 e. The quantitative estimate of drug-likeness (QED) is 0.131. The van der Waals surface area contributed by atoms with Crippen molar-refractivity contribution in [2.75, 3.05) is 30.5 Å². The Bertz CT molecular complexity index is 2260. The highest BCUT2D eigenvalue weighted by Crippen LogP contribution is 2.71. The first-order chi connectivity index (χ1) is 34.4. The van der Waals surface area contributed by atoms with E-state index >= 15 is 0 Å². The number of carbonyl (C=O) groups is 2. The lowest BCUT2D eigenvalue weighted by atomic mass is 9.44. The fourth-order valence-electron chi connectivity index (χ4n) is 15.0. The number of benzene rings is 2. The number of hydrogen-bond donors (Lipinski definition) is 7. The molecule has 7 N–H and O–H groups in total. The first kappa shape index (κ1) is 51.9. The monoisotopic (exact) mass is 1010 g/mol. The predicted molar refractivity (Wildman–Crippen MR) is 252 cm³/mol. The fraction of sp³-hybridized carbons (Fsp3) is 0.736. The summed E-state index contributed by atoms with van der Waals surface area (Å²) in [6, 6.07) is 10.5. The molecule has 2 aromatic rings. The van der Waals surface area contributed by atoms with Crippen LogP contribution >= 0.6 is 0 Å². The van der Waals surface area contributed by atoms with Gasteiger partial charge >= 0.3 is 12.2 Å². The van der Waals surface area contributed by atoms with Crippen LogP contribution < -0.4 is 10.6 Å². The Labute approximate surface area is 418 Å². The maximum atomic E-state index is 14.4. The molecule has 398 valence electrons. The van der Waals surface area contributed by atoms with Crippen molar-refractivity contribution < 1.29 is 81.8 Å². The number of amides is 2. The summed E-state index contributed by atoms with van der Waals surface area (Å²) in [7, 11) is 0. The van der Waals surface area contributed by atoms with Crippen LogP contribution in [0.15, 0.2) is 48.5 Å². The highest BCUT2D eigenvalue weighted by molar-refractivity contribution is 5.85. The number of nitrogens with one attached hydrogen (secondary N) is 2. The summed E-state index contributed by atoms with van der Waals surface area (Å²) in [6.07, 6.45) is -9.27. The molecule has 1 spiro atoms. The van der Waals surface area contributed by atoms with Crippen LogP contribution in [0, 0.1) is 63.9 Å². The number of rotatable bonds is 10. The van der Waals surface area contributed by atoms with Crippen LogP contribution in [0.2, 0.25) is 0 Å². The highest BCUT2D eigenvalue weighted by Gasteiger charge is 2.69. The van der Waals surface area contributed by atoms with E-state index in [9.17, 15) is 43.9 Å². The second-order valence-electron chi connectivity index (χ2n) is 22.7. The zero-order chi connectivity index (χ0) is 50.9. The SMILES string of the molecule is C[C@@H]1CC[C@@]2(OC1)OC1C[C@H]3[C@@H]4CC[C@H]5C[C@@H](O[C@@H]6O[C@H](CO)[C@@H](O[C@@H]7O[C@H](COC(=O)Nc8ccccc8F)[C@@H](OC(=O)Nc8ccccc8F)[C@H](O)[C@H]7O)[C@H](O)[C@H]6O)CC[C@]5(C)[C@H]4CC[C@]3(C)C1[C@@H]2C. The topological polar surface area (TPSA) is 233 Å². The molecular formula is C53H72F2N2O15. The number of carbonyl (C=O) groups excluding carboxylic acids is 2. The van der Waals surface area contributed by atoms with E-state index < -0.39 is 104 Å². The standard InChI is InChI=1S/C53H72F2N2O15/c1-26-15-20-53(66-24-26)27(2)40-37(72-53)22-32-30-14-13-28-21-29(16-18-51(28,3)31(30)17-19-52(32,40)4)67-47-43(61)41(59)45(38(23-58)68-47)70-48-44(62)42(60)46(71-50(64)57-36-12-8-6-10-34(36)55)39(69-48)25-65-49(63)56-35-11-7-5-9-33(35)54/h5-12,26-32,37-48,58-62H,13-25H2,1-4H3,(H,56,63)(H,57,64)/t26-,27+,28+,29+,30-,31+,32+,37?,38-,39-,40?,41-,42-,43-,44-,45-,46-,47-,48+,51+,52+,53-/m1/s1. The Morgan fingerprint density at radius 1 is 0.722 bits per heavy atom. The minimum Gasteiger partial charge on any atom is -0.446 e. The molecule has 0 aromatic heterocycles. The van der Waals surface area contributed by atoms with Gasteiger partial charge < -0.3 is 63.4 Å². The molecule has 8 aliphatic rings. The largest absolute Gasteiger partial charge is 0.446 e. The van der Waals surface area contributed by atoms with Crippen LogP contribution in [-0.4, -0.2) is 137 Å². The van der Waals surface area contributed by atoms with Crippen LogP contribution in [0.5, 0.6) is 0 Å². The van der Waals surface area contributed by atoms with Crippen LogP contribution in [0.4, 0.5) is 29.7 Å². The summed E-state index contributed by atoms with van der Waals surface area (Å²) < 4.78 is 77.3. The third-order valence-electron chi connectivity index (χ3n) is 18.8. The third-order valence-corrected chi connectivity index (χ3v) is 18.8. The first-order valence-corrected chi connectivity index (χ1v) is 26.1. The van der Waals surface area contributed by atoms with E-state index in [4.69, 9.17) is 37.9 Å². The van der Waals surface area contributed by atoms with Crippen molar-refractivity contribution in [3.63, 3.8) is 0 Å². The average Bonchev–Trinajstić information content (AvgIpc) is 3.81. The molecule has 2 unspecified atom stereocenters. The molecule has 2 aromatic carbocycles. The Morgan fingerprint density at radius 3 is 2.03 bits per heavy atom. The number of ether oxygens (including phenoxy) is 8. The lowest BCUT2D eigenvalue weighted by molar-refractivity contribution is -0.363. The summed E-state index contributed by atoms with van der Waals surface area (Å²) in [5, 5.41) is 60.8. The van der Waals surface area contributed by atoms with Crippen molar-refractivity contribution in [3.8, 4) is 0 Å². The summed E-state index contributed by atoms with van der Waals surface area (Å²) in [4.78, 5) is 25.8. The maximum Gasteiger partial charge on any atom is 0.412 e. The molecule has 0 bridgehead atoms. The van der Waals surface area contributed by atoms with Crippen molar-refractivity contribution in [1.29, 1.82) is 0 Å². The van der Waals surface area contributed by atoms with Crippen LogP contribution in [0.25, 0.3) is 0 Å². The van der Waals surface area contributed by atoms with Crippen molar-refractivity contribution in [1.82, 2.24) is 0 Å². The Kier molecular flexibility index (Phi) is 14.8. The first-order valence-electron chi connectivity index (χ1n) is 26.1. The van der Waals surface area contributed by atoms with Gasteiger partial charge in [0.15, 0.2) is 24.5 Å². The number of aliphatic hydroxyl groups is 5. The molecule has 4 aliphatic carbocycles. The summed E-state index contributed by atoms with van der Waals surface area (Å²) >= 11 is 0. The van der Waals surface area contributed by atoms with E-state index in [-0.39, 0.29) is 34.4 Å². The Morgan fingerprint density at radius 2 is 1.36 bits per heavy atom.